The van der Waals surface area contributed by atoms with Crippen LogP contribution in [-0.4, -0.2) is 43.6 Å². The number of carbonyl (C=O) groups is 1. The quantitative estimate of drug-likeness (QED) is 0.430. The van der Waals surface area contributed by atoms with E-state index in [1.807, 2.05) is 0 Å². The molecule has 0 aliphatic heterocycles. The van der Waals surface area contributed by atoms with Gasteiger partial charge >= 0.3 is 12.3 Å². The van der Waals surface area contributed by atoms with Crippen LogP contribution < -0.4 is 10.6 Å². The van der Waals surface area contributed by atoms with Gasteiger partial charge in [-0.25, -0.2) is 14.8 Å². The molecule has 0 radical (unpaired) electrons. The number of amides is 1. The number of aromatic amines is 1. The highest BCUT2D eigenvalue weighted by molar-refractivity contribution is 9.10. The molecule has 7 nitrogen and oxygen atoms in total. The molecule has 0 saturated heterocycles. The Kier molecular flexibility index (Phi) is 5.92. The number of nitrogens with zero attached hydrogens (tertiary/aromatic N) is 2. The van der Waals surface area contributed by atoms with E-state index in [4.69, 9.17) is 0 Å². The Labute approximate surface area is 193 Å². The van der Waals surface area contributed by atoms with E-state index >= 15 is 0 Å². The van der Waals surface area contributed by atoms with E-state index in [9.17, 15) is 18.0 Å². The van der Waals surface area contributed by atoms with E-state index in [1.54, 1.807) is 12.1 Å². The summed E-state index contributed by atoms with van der Waals surface area (Å²) in [6, 6.07) is 3.21. The first-order valence-electron chi connectivity index (χ1n) is 9.99. The highest BCUT2D eigenvalue weighted by Crippen LogP contribution is 2.41. The van der Waals surface area contributed by atoms with Crippen molar-refractivity contribution in [3.63, 3.8) is 0 Å². The number of methoxy groups -OCH3 is 1. The molecule has 2 aromatic heterocycles. The van der Waals surface area contributed by atoms with Crippen LogP contribution in [0.25, 0.3) is 22.2 Å². The number of nitrogens with one attached hydrogen (secondary N) is 3. The summed E-state index contributed by atoms with van der Waals surface area (Å²) in [6.45, 7) is 0. The van der Waals surface area contributed by atoms with Gasteiger partial charge in [-0.05, 0) is 34.8 Å². The first-order valence-corrected chi connectivity index (χ1v) is 11.8. The minimum atomic E-state index is -4.62. The zero-order chi connectivity index (χ0) is 23.1. The Morgan fingerprint density at radius 2 is 2.03 bits per heavy atom. The molecular weight excluding hydrogens is 507 g/mol. The van der Waals surface area contributed by atoms with E-state index in [-0.39, 0.29) is 22.4 Å². The van der Waals surface area contributed by atoms with Crippen LogP contribution in [0, 0.1) is 0 Å². The summed E-state index contributed by atoms with van der Waals surface area (Å²) >= 11 is 3.40. The van der Waals surface area contributed by atoms with E-state index in [0.717, 1.165) is 42.1 Å². The van der Waals surface area contributed by atoms with Crippen molar-refractivity contribution in [1.29, 1.82) is 0 Å². The lowest BCUT2D eigenvalue weighted by Gasteiger charge is -2.26. The molecule has 1 aliphatic rings. The van der Waals surface area contributed by atoms with Crippen molar-refractivity contribution in [3.8, 4) is 11.3 Å². The lowest BCUT2D eigenvalue weighted by Crippen LogP contribution is -2.36. The minimum Gasteiger partial charge on any atom is -0.453 e. The van der Waals surface area contributed by atoms with Crippen LogP contribution in [0.1, 0.15) is 31.2 Å². The number of ether oxygens (including phenoxy) is 1. The molecule has 0 unspecified atom stereocenters. The maximum Gasteiger partial charge on any atom is 0.419 e. The highest BCUT2D eigenvalue weighted by Gasteiger charge is 2.37. The number of alkyl halides is 3. The Balaban J connectivity index is 1.81. The third-order valence-corrected chi connectivity index (χ3v) is 7.76. The van der Waals surface area contributed by atoms with Crippen molar-refractivity contribution >= 4 is 54.8 Å². The molecule has 0 spiro atoms. The number of halogens is 4. The molecule has 0 bridgehead atoms. The highest BCUT2D eigenvalue weighted by atomic mass is 79.9. The van der Waals surface area contributed by atoms with E-state index in [0.29, 0.717) is 21.1 Å². The van der Waals surface area contributed by atoms with Gasteiger partial charge in [0.25, 0.3) is 0 Å². The number of hydrogen-bond donors (Lipinski definition) is 3. The third kappa shape index (κ3) is 4.33. The topological polar surface area (TPSA) is 91.9 Å². The fourth-order valence-corrected chi connectivity index (χ4v) is 5.51. The normalized spacial score (nSPS) is 15.8. The Morgan fingerprint density at radius 1 is 1.31 bits per heavy atom. The number of aromatic nitrogens is 3. The monoisotopic (exact) mass is 527 g/mol. The molecular formula is C20H21BrF3N5O2Si. The first-order chi connectivity index (χ1) is 15.1. The number of rotatable bonds is 4. The fraction of sp³-hybridized carbons (Fsp3) is 0.350. The van der Waals surface area contributed by atoms with Gasteiger partial charge in [0.15, 0.2) is 0 Å². The average molecular weight is 528 g/mol. The Bertz CT molecular complexity index is 1180. The number of hydrogen-bond acceptors (Lipinski definition) is 5. The number of fused-ring (bicyclic) bond motifs is 1. The van der Waals surface area contributed by atoms with Crippen LogP contribution in [0.15, 0.2) is 29.0 Å². The van der Waals surface area contributed by atoms with Gasteiger partial charge < -0.3 is 15.0 Å². The molecule has 2 heterocycles. The van der Waals surface area contributed by atoms with Crippen molar-refractivity contribution in [1.82, 2.24) is 15.0 Å². The summed E-state index contributed by atoms with van der Waals surface area (Å²) in [5, 5.41) is 6.25. The SMILES string of the molecule is COC(=O)Nc1ccc2c(-c3nc(NC4([SiH3])CCCC4)ncc3C(F)(F)F)c[nH]c2c1Br. The second-order valence-electron chi connectivity index (χ2n) is 8.02. The van der Waals surface area contributed by atoms with Gasteiger partial charge in [-0.1, -0.05) is 18.9 Å². The molecule has 12 heteroatoms. The first kappa shape index (κ1) is 22.6. The van der Waals surface area contributed by atoms with Gasteiger partial charge in [0, 0.05) is 38.7 Å². The molecule has 1 fully saturated rings. The molecule has 1 amide bonds. The zero-order valence-electron chi connectivity index (χ0n) is 17.4. The number of benzene rings is 1. The summed E-state index contributed by atoms with van der Waals surface area (Å²) in [4.78, 5) is 22.8. The van der Waals surface area contributed by atoms with Crippen molar-refractivity contribution in [2.45, 2.75) is 37.0 Å². The molecule has 0 atom stereocenters. The van der Waals surface area contributed by atoms with Crippen LogP contribution in [0.3, 0.4) is 0 Å². The van der Waals surface area contributed by atoms with Gasteiger partial charge in [-0.15, -0.1) is 0 Å². The summed E-state index contributed by atoms with van der Waals surface area (Å²) in [5.41, 5.74) is 0.107. The minimum absolute atomic E-state index is 0.102. The van der Waals surface area contributed by atoms with Gasteiger partial charge in [0.2, 0.25) is 5.95 Å². The van der Waals surface area contributed by atoms with Crippen molar-refractivity contribution in [2.75, 3.05) is 17.7 Å². The number of anilines is 2. The van der Waals surface area contributed by atoms with Crippen molar-refractivity contribution < 1.29 is 22.7 Å². The predicted molar refractivity (Wildman–Crippen MR) is 123 cm³/mol. The van der Waals surface area contributed by atoms with Crippen molar-refractivity contribution in [3.05, 3.63) is 34.6 Å². The van der Waals surface area contributed by atoms with Crippen LogP contribution in [0.2, 0.25) is 0 Å². The van der Waals surface area contributed by atoms with Gasteiger partial charge in [0.05, 0.1) is 28.5 Å². The predicted octanol–water partition coefficient (Wildman–Crippen LogP) is 4.63. The lowest BCUT2D eigenvalue weighted by molar-refractivity contribution is -0.137. The summed E-state index contributed by atoms with van der Waals surface area (Å²) < 4.78 is 46.5. The molecule has 3 aromatic rings. The fourth-order valence-electron chi connectivity index (χ4n) is 4.02. The maximum atomic E-state index is 13.8. The second kappa shape index (κ2) is 8.39. The number of H-pyrrole nitrogens is 1. The van der Waals surface area contributed by atoms with Gasteiger partial charge in [-0.3, -0.25) is 5.32 Å². The second-order valence-corrected chi connectivity index (χ2v) is 10.7. The largest absolute Gasteiger partial charge is 0.453 e. The molecule has 3 N–H and O–H groups in total. The lowest BCUT2D eigenvalue weighted by atomic mass is 10.1. The van der Waals surface area contributed by atoms with Gasteiger partial charge in [0.1, 0.15) is 5.56 Å². The van der Waals surface area contributed by atoms with Crippen LogP contribution in [-0.2, 0) is 10.9 Å². The Hall–Kier alpha value is -2.60. The van der Waals surface area contributed by atoms with E-state index in [1.165, 1.54) is 13.3 Å². The summed E-state index contributed by atoms with van der Waals surface area (Å²) in [5.74, 6) is 0.197. The van der Waals surface area contributed by atoms with E-state index < -0.39 is 17.8 Å². The summed E-state index contributed by atoms with van der Waals surface area (Å²) in [7, 11) is 2.08. The van der Waals surface area contributed by atoms with Crippen LogP contribution in [0.5, 0.6) is 0 Å². The van der Waals surface area contributed by atoms with E-state index in [2.05, 4.69) is 46.3 Å². The third-order valence-electron chi connectivity index (χ3n) is 5.69. The smallest absolute Gasteiger partial charge is 0.419 e. The Morgan fingerprint density at radius 3 is 2.69 bits per heavy atom. The number of carbonyl (C=O) groups excluding carboxylic acids is 1. The van der Waals surface area contributed by atoms with Crippen LogP contribution >= 0.6 is 15.9 Å². The molecule has 170 valence electrons. The van der Waals surface area contributed by atoms with Gasteiger partial charge in [-0.2, -0.15) is 13.2 Å². The molecule has 4 rings (SSSR count). The molecule has 1 aromatic carbocycles. The molecule has 32 heavy (non-hydrogen) atoms. The molecule has 1 saturated carbocycles. The standard InChI is InChI=1S/C20H21BrF3N5O2Si/c1-31-18(30)27-13-5-4-10-11(8-25-16(10)14(13)21)15-12(20(22,23)24)9-26-17(28-15)29-19(32)6-2-3-7-19/h4-5,8-9,25H,2-3,6-7H2,1,32H3,(H,27,30)(H,26,28,29). The average Bonchev–Trinajstić information content (AvgIpc) is 3.35. The summed E-state index contributed by atoms with van der Waals surface area (Å²) in [6.07, 6.45) is 1.14. The molecule has 1 aliphatic carbocycles. The zero-order valence-corrected chi connectivity index (χ0v) is 20.9. The van der Waals surface area contributed by atoms with Crippen LogP contribution in [0.4, 0.5) is 29.6 Å². The maximum absolute atomic E-state index is 13.8. The van der Waals surface area contributed by atoms with Crippen molar-refractivity contribution in [2.24, 2.45) is 0 Å².